The van der Waals surface area contributed by atoms with E-state index in [1.165, 1.54) is 39.5 Å². The van der Waals surface area contributed by atoms with Crippen molar-refractivity contribution in [3.63, 3.8) is 0 Å². The topological polar surface area (TPSA) is 99.9 Å². The number of aryl methyl sites for hydroxylation is 1. The zero-order chi connectivity index (χ0) is 23.1. The molecule has 168 valence electrons. The van der Waals surface area contributed by atoms with Crippen LogP contribution in [0.5, 0.6) is 11.5 Å². The number of anilines is 1. The number of hydrogen-bond donors (Lipinski definition) is 1. The van der Waals surface area contributed by atoms with E-state index >= 15 is 0 Å². The molecule has 1 N–H and O–H groups in total. The Bertz CT molecular complexity index is 1080. The van der Waals surface area contributed by atoms with E-state index in [9.17, 15) is 14.0 Å². The van der Waals surface area contributed by atoms with Crippen LogP contribution >= 0.6 is 0 Å². The molecule has 9 heteroatoms. The fraction of sp³-hybridized carbons (Fsp3) is 0.261. The quantitative estimate of drug-likeness (QED) is 0.500. The Morgan fingerprint density at radius 2 is 1.81 bits per heavy atom. The summed E-state index contributed by atoms with van der Waals surface area (Å²) in [5, 5.41) is 2.66. The summed E-state index contributed by atoms with van der Waals surface area (Å²) in [4.78, 5) is 28.6. The number of nitrogens with one attached hydrogen (secondary N) is 1. The number of aromatic nitrogens is 1. The Labute approximate surface area is 184 Å². The van der Waals surface area contributed by atoms with Crippen molar-refractivity contribution in [1.82, 2.24) is 4.98 Å². The Morgan fingerprint density at radius 3 is 2.50 bits per heavy atom. The van der Waals surface area contributed by atoms with Gasteiger partial charge in [-0.05, 0) is 43.3 Å². The van der Waals surface area contributed by atoms with Gasteiger partial charge in [0.15, 0.2) is 29.3 Å². The second-order valence-electron chi connectivity index (χ2n) is 6.82. The molecule has 3 rings (SSSR count). The number of halogens is 1. The van der Waals surface area contributed by atoms with Gasteiger partial charge in [-0.15, -0.1) is 0 Å². The van der Waals surface area contributed by atoms with E-state index in [2.05, 4.69) is 10.3 Å². The van der Waals surface area contributed by atoms with Gasteiger partial charge in [0.2, 0.25) is 0 Å². The van der Waals surface area contributed by atoms with Gasteiger partial charge in [0.25, 0.3) is 5.91 Å². The second kappa shape index (κ2) is 10.4. The summed E-state index contributed by atoms with van der Waals surface area (Å²) in [5.74, 6) is 0.391. The normalized spacial score (nSPS) is 11.5. The smallest absolute Gasteiger partial charge is 0.307 e. The van der Waals surface area contributed by atoms with Crippen LogP contribution in [-0.4, -0.2) is 37.2 Å². The lowest BCUT2D eigenvalue weighted by atomic mass is 10.2. The minimum Gasteiger partial charge on any atom is -0.493 e. The first-order valence-corrected chi connectivity index (χ1v) is 9.82. The summed E-state index contributed by atoms with van der Waals surface area (Å²) in [6.07, 6.45) is 0.684. The molecule has 0 aliphatic rings. The Hall–Kier alpha value is -3.88. The number of amides is 1. The third-order valence-corrected chi connectivity index (χ3v) is 4.55. The number of esters is 1. The van der Waals surface area contributed by atoms with Crippen molar-refractivity contribution < 1.29 is 32.6 Å². The molecule has 0 spiro atoms. The minimum atomic E-state index is -1.00. The molecule has 8 nitrogen and oxygen atoms in total. The monoisotopic (exact) mass is 442 g/mol. The molecular formula is C23H23FN2O6. The van der Waals surface area contributed by atoms with Crippen molar-refractivity contribution in [3.05, 3.63) is 60.4 Å². The number of carbonyl (C=O) groups excluding carboxylic acids is 2. The van der Waals surface area contributed by atoms with Gasteiger partial charge in [0.1, 0.15) is 5.82 Å². The van der Waals surface area contributed by atoms with Crippen LogP contribution in [0.2, 0.25) is 0 Å². The number of ether oxygens (including phenoxy) is 3. The fourth-order valence-electron chi connectivity index (χ4n) is 2.85. The van der Waals surface area contributed by atoms with Crippen molar-refractivity contribution in [2.24, 2.45) is 0 Å². The molecular weight excluding hydrogens is 419 g/mol. The van der Waals surface area contributed by atoms with E-state index in [-0.39, 0.29) is 18.7 Å². The highest BCUT2D eigenvalue weighted by Crippen LogP contribution is 2.29. The van der Waals surface area contributed by atoms with Gasteiger partial charge in [-0.1, -0.05) is 0 Å². The van der Waals surface area contributed by atoms with Gasteiger partial charge in [0.05, 0.1) is 26.8 Å². The van der Waals surface area contributed by atoms with E-state index in [4.69, 9.17) is 18.6 Å². The molecule has 32 heavy (non-hydrogen) atoms. The lowest BCUT2D eigenvalue weighted by molar-refractivity contribution is -0.153. The maximum Gasteiger partial charge on any atom is 0.307 e. The zero-order valence-corrected chi connectivity index (χ0v) is 17.9. The highest BCUT2D eigenvalue weighted by Gasteiger charge is 2.19. The van der Waals surface area contributed by atoms with Crippen LogP contribution < -0.4 is 14.8 Å². The van der Waals surface area contributed by atoms with Gasteiger partial charge in [0, 0.05) is 23.7 Å². The van der Waals surface area contributed by atoms with Crippen LogP contribution in [0.25, 0.3) is 11.3 Å². The summed E-state index contributed by atoms with van der Waals surface area (Å²) >= 11 is 0. The SMILES string of the molecule is COc1ccc(NC(=O)C(C)OC(=O)CCc2ncc(-c3ccc(F)cc3)o2)cc1OC. The largest absolute Gasteiger partial charge is 0.493 e. The maximum atomic E-state index is 13.0. The van der Waals surface area contributed by atoms with Gasteiger partial charge in [-0.25, -0.2) is 9.37 Å². The third kappa shape index (κ3) is 5.84. The van der Waals surface area contributed by atoms with Crippen molar-refractivity contribution in [3.8, 4) is 22.8 Å². The summed E-state index contributed by atoms with van der Waals surface area (Å²) in [7, 11) is 3.00. The lowest BCUT2D eigenvalue weighted by Crippen LogP contribution is -2.30. The number of hydrogen-bond acceptors (Lipinski definition) is 7. The van der Waals surface area contributed by atoms with Crippen LogP contribution in [0.3, 0.4) is 0 Å². The predicted molar refractivity (Wildman–Crippen MR) is 114 cm³/mol. The lowest BCUT2D eigenvalue weighted by Gasteiger charge is -2.14. The molecule has 0 fully saturated rings. The predicted octanol–water partition coefficient (Wildman–Crippen LogP) is 4.00. The highest BCUT2D eigenvalue weighted by molar-refractivity contribution is 5.95. The fourth-order valence-corrected chi connectivity index (χ4v) is 2.85. The maximum absolute atomic E-state index is 13.0. The van der Waals surface area contributed by atoms with Gasteiger partial charge < -0.3 is 23.9 Å². The summed E-state index contributed by atoms with van der Waals surface area (Å²) in [6, 6.07) is 10.7. The Balaban J connectivity index is 1.49. The molecule has 1 amide bonds. The Kier molecular flexibility index (Phi) is 7.43. The van der Waals surface area contributed by atoms with E-state index in [1.54, 1.807) is 30.3 Å². The van der Waals surface area contributed by atoms with E-state index in [0.717, 1.165) is 0 Å². The van der Waals surface area contributed by atoms with Gasteiger partial charge in [-0.3, -0.25) is 9.59 Å². The van der Waals surface area contributed by atoms with Crippen LogP contribution in [0, 0.1) is 5.82 Å². The average Bonchev–Trinajstić information content (AvgIpc) is 3.27. The minimum absolute atomic E-state index is 0.0165. The summed E-state index contributed by atoms with van der Waals surface area (Å²) < 4.78 is 34.2. The molecule has 1 atom stereocenters. The average molecular weight is 442 g/mol. The number of methoxy groups -OCH3 is 2. The summed E-state index contributed by atoms with van der Waals surface area (Å²) in [5.41, 5.74) is 1.15. The molecule has 0 aliphatic heterocycles. The first kappa shape index (κ1) is 22.8. The van der Waals surface area contributed by atoms with Gasteiger partial charge >= 0.3 is 5.97 Å². The van der Waals surface area contributed by atoms with Crippen molar-refractivity contribution in [2.75, 3.05) is 19.5 Å². The summed E-state index contributed by atoms with van der Waals surface area (Å²) in [6.45, 7) is 1.48. The Morgan fingerprint density at radius 1 is 1.09 bits per heavy atom. The van der Waals surface area contributed by atoms with Crippen molar-refractivity contribution in [2.45, 2.75) is 25.9 Å². The first-order valence-electron chi connectivity index (χ1n) is 9.82. The zero-order valence-electron chi connectivity index (χ0n) is 17.9. The molecule has 0 aliphatic carbocycles. The van der Waals surface area contributed by atoms with E-state index < -0.39 is 18.0 Å². The van der Waals surface area contributed by atoms with Crippen LogP contribution in [0.15, 0.2) is 53.1 Å². The molecule has 0 bridgehead atoms. The number of rotatable bonds is 9. The van der Waals surface area contributed by atoms with Crippen LogP contribution in [-0.2, 0) is 20.7 Å². The highest BCUT2D eigenvalue weighted by atomic mass is 19.1. The molecule has 0 saturated carbocycles. The van der Waals surface area contributed by atoms with Crippen LogP contribution in [0.4, 0.5) is 10.1 Å². The molecule has 2 aromatic carbocycles. The molecule has 1 heterocycles. The van der Waals surface area contributed by atoms with E-state index in [1.807, 2.05) is 0 Å². The van der Waals surface area contributed by atoms with Crippen molar-refractivity contribution >= 4 is 17.6 Å². The van der Waals surface area contributed by atoms with Crippen LogP contribution in [0.1, 0.15) is 19.2 Å². The molecule has 0 saturated heterocycles. The number of carbonyl (C=O) groups is 2. The number of nitrogens with zero attached hydrogens (tertiary/aromatic N) is 1. The molecule has 0 radical (unpaired) electrons. The molecule has 3 aromatic rings. The third-order valence-electron chi connectivity index (χ3n) is 4.55. The van der Waals surface area contributed by atoms with E-state index in [0.29, 0.717) is 34.4 Å². The number of oxazole rings is 1. The molecule has 1 unspecified atom stereocenters. The number of benzene rings is 2. The second-order valence-corrected chi connectivity index (χ2v) is 6.82. The van der Waals surface area contributed by atoms with Crippen molar-refractivity contribution in [1.29, 1.82) is 0 Å². The molecule has 1 aromatic heterocycles. The first-order chi connectivity index (χ1) is 15.4. The standard InChI is InChI=1S/C23H23FN2O6/c1-14(23(28)26-17-8-9-18(29-2)19(12-17)30-3)31-22(27)11-10-21-25-13-20(32-21)15-4-6-16(24)7-5-15/h4-9,12-14H,10-11H2,1-3H3,(H,26,28). The van der Waals surface area contributed by atoms with Gasteiger partial charge in [-0.2, -0.15) is 0 Å².